The second kappa shape index (κ2) is 10.8. The zero-order valence-corrected chi connectivity index (χ0v) is 13.4. The molecule has 1 heterocycles. The monoisotopic (exact) mass is 277 g/mol. The summed E-state index contributed by atoms with van der Waals surface area (Å²) in [5.41, 5.74) is 1.16. The molecule has 0 aromatic carbocycles. The van der Waals surface area contributed by atoms with E-state index < -0.39 is 0 Å². The normalized spacial score (nSPS) is 11.4. The van der Waals surface area contributed by atoms with Gasteiger partial charge in [-0.25, -0.2) is 0 Å². The average Bonchev–Trinajstić information content (AvgIpc) is 2.42. The summed E-state index contributed by atoms with van der Waals surface area (Å²) < 4.78 is 0. The first-order valence-corrected chi connectivity index (χ1v) is 7.97. The van der Waals surface area contributed by atoms with Crippen LogP contribution in [-0.2, 0) is 6.54 Å². The molecule has 0 aliphatic rings. The fourth-order valence-electron chi connectivity index (χ4n) is 2.22. The first-order chi connectivity index (χ1) is 9.68. The van der Waals surface area contributed by atoms with Crippen molar-refractivity contribution in [3.63, 3.8) is 0 Å². The summed E-state index contributed by atoms with van der Waals surface area (Å²) in [4.78, 5) is 6.72. The molecule has 114 valence electrons. The van der Waals surface area contributed by atoms with Crippen molar-refractivity contribution in [1.82, 2.24) is 15.2 Å². The highest BCUT2D eigenvalue weighted by Gasteiger charge is 2.00. The maximum Gasteiger partial charge on any atom is 0.0543 e. The van der Waals surface area contributed by atoms with Crippen LogP contribution in [0.2, 0.25) is 0 Å². The van der Waals surface area contributed by atoms with E-state index in [-0.39, 0.29) is 0 Å². The van der Waals surface area contributed by atoms with E-state index in [1.165, 1.54) is 32.2 Å². The van der Waals surface area contributed by atoms with Gasteiger partial charge in [-0.15, -0.1) is 0 Å². The summed E-state index contributed by atoms with van der Waals surface area (Å²) in [6.45, 7) is 8.94. The maximum atomic E-state index is 4.36. The van der Waals surface area contributed by atoms with Gasteiger partial charge in [-0.05, 0) is 57.6 Å². The topological polar surface area (TPSA) is 28.2 Å². The highest BCUT2D eigenvalue weighted by molar-refractivity contribution is 5.02. The Bertz CT molecular complexity index is 324. The molecule has 0 bridgehead atoms. The Labute approximate surface area is 124 Å². The lowest BCUT2D eigenvalue weighted by atomic mass is 10.1. The van der Waals surface area contributed by atoms with Crippen molar-refractivity contribution in [1.29, 1.82) is 0 Å². The van der Waals surface area contributed by atoms with Crippen LogP contribution in [0, 0.1) is 5.92 Å². The number of rotatable bonds is 11. The van der Waals surface area contributed by atoms with Crippen LogP contribution in [0.1, 0.15) is 45.2 Å². The summed E-state index contributed by atoms with van der Waals surface area (Å²) in [6.07, 6.45) is 7.12. The van der Waals surface area contributed by atoms with Crippen molar-refractivity contribution in [2.24, 2.45) is 5.92 Å². The van der Waals surface area contributed by atoms with Crippen molar-refractivity contribution < 1.29 is 0 Å². The number of nitrogens with zero attached hydrogens (tertiary/aromatic N) is 2. The summed E-state index contributed by atoms with van der Waals surface area (Å²) in [5.74, 6) is 0.759. The van der Waals surface area contributed by atoms with Crippen LogP contribution >= 0.6 is 0 Å². The molecule has 0 saturated heterocycles. The molecule has 3 heteroatoms. The Morgan fingerprint density at radius 3 is 2.65 bits per heavy atom. The van der Waals surface area contributed by atoms with E-state index in [0.717, 1.165) is 31.2 Å². The largest absolute Gasteiger partial charge is 0.316 e. The smallest absolute Gasteiger partial charge is 0.0543 e. The first kappa shape index (κ1) is 17.1. The summed E-state index contributed by atoms with van der Waals surface area (Å²) >= 11 is 0. The molecule has 0 spiro atoms. The van der Waals surface area contributed by atoms with Gasteiger partial charge < -0.3 is 10.2 Å². The van der Waals surface area contributed by atoms with Crippen LogP contribution in [-0.4, -0.2) is 36.6 Å². The lowest BCUT2D eigenvalue weighted by Gasteiger charge is -2.15. The average molecular weight is 277 g/mol. The molecule has 0 saturated carbocycles. The molecule has 0 fully saturated rings. The zero-order chi connectivity index (χ0) is 14.6. The van der Waals surface area contributed by atoms with Gasteiger partial charge in [0.05, 0.1) is 5.69 Å². The minimum atomic E-state index is 0.759. The molecule has 0 radical (unpaired) electrons. The first-order valence-electron chi connectivity index (χ1n) is 7.97. The van der Waals surface area contributed by atoms with Crippen LogP contribution in [0.5, 0.6) is 0 Å². The second-order valence-corrected chi connectivity index (χ2v) is 6.07. The number of nitrogens with one attached hydrogen (secondary N) is 1. The minimum absolute atomic E-state index is 0.759. The van der Waals surface area contributed by atoms with E-state index >= 15 is 0 Å². The molecule has 0 aliphatic heterocycles. The molecule has 1 N–H and O–H groups in total. The van der Waals surface area contributed by atoms with Crippen LogP contribution in [0.25, 0.3) is 0 Å². The van der Waals surface area contributed by atoms with Gasteiger partial charge in [-0.1, -0.05) is 32.8 Å². The predicted octanol–water partition coefficient (Wildman–Crippen LogP) is 3.32. The number of aromatic nitrogens is 1. The van der Waals surface area contributed by atoms with Crippen LogP contribution in [0.15, 0.2) is 24.4 Å². The van der Waals surface area contributed by atoms with Crippen molar-refractivity contribution in [2.45, 2.75) is 46.1 Å². The summed E-state index contributed by atoms with van der Waals surface area (Å²) in [7, 11) is 2.18. The van der Waals surface area contributed by atoms with Crippen LogP contribution < -0.4 is 5.32 Å². The van der Waals surface area contributed by atoms with Crippen molar-refractivity contribution in [3.8, 4) is 0 Å². The lowest BCUT2D eigenvalue weighted by molar-refractivity contribution is 0.313. The number of unbranched alkanes of at least 4 members (excludes halogenated alkanes) is 3. The molecule has 3 nitrogen and oxygen atoms in total. The molecule has 0 unspecified atom stereocenters. The third kappa shape index (κ3) is 9.05. The Morgan fingerprint density at radius 2 is 1.95 bits per heavy atom. The minimum Gasteiger partial charge on any atom is -0.316 e. The Balaban J connectivity index is 1.93. The fraction of sp³-hybridized carbons (Fsp3) is 0.706. The van der Waals surface area contributed by atoms with Crippen molar-refractivity contribution in [3.05, 3.63) is 30.1 Å². The van der Waals surface area contributed by atoms with Gasteiger partial charge in [0.2, 0.25) is 0 Å². The molecular formula is C17H31N3. The SMILES string of the molecule is CC(C)CNCCCCCCN(C)Cc1ccccn1. The number of hydrogen-bond donors (Lipinski definition) is 1. The molecular weight excluding hydrogens is 246 g/mol. The van der Waals surface area contributed by atoms with Gasteiger partial charge in [0.1, 0.15) is 0 Å². The van der Waals surface area contributed by atoms with Gasteiger partial charge in [0.25, 0.3) is 0 Å². The molecule has 20 heavy (non-hydrogen) atoms. The maximum absolute atomic E-state index is 4.36. The molecule has 0 atom stereocenters. The van der Waals surface area contributed by atoms with E-state index in [0.29, 0.717) is 0 Å². The third-order valence-corrected chi connectivity index (χ3v) is 3.35. The highest BCUT2D eigenvalue weighted by atomic mass is 15.1. The van der Waals surface area contributed by atoms with E-state index in [9.17, 15) is 0 Å². The van der Waals surface area contributed by atoms with Gasteiger partial charge in [-0.2, -0.15) is 0 Å². The number of hydrogen-bond acceptors (Lipinski definition) is 3. The number of pyridine rings is 1. The Hall–Kier alpha value is -0.930. The lowest BCUT2D eigenvalue weighted by Crippen LogP contribution is -2.21. The van der Waals surface area contributed by atoms with E-state index in [2.05, 4.69) is 48.2 Å². The van der Waals surface area contributed by atoms with Gasteiger partial charge >= 0.3 is 0 Å². The predicted molar refractivity (Wildman–Crippen MR) is 86.7 cm³/mol. The molecule has 1 aromatic rings. The molecule has 1 rings (SSSR count). The second-order valence-electron chi connectivity index (χ2n) is 6.07. The molecule has 0 amide bonds. The Morgan fingerprint density at radius 1 is 1.15 bits per heavy atom. The van der Waals surface area contributed by atoms with Gasteiger partial charge in [-0.3, -0.25) is 4.98 Å². The van der Waals surface area contributed by atoms with Gasteiger partial charge in [0, 0.05) is 12.7 Å². The van der Waals surface area contributed by atoms with E-state index in [1.807, 2.05) is 12.3 Å². The summed E-state index contributed by atoms with van der Waals surface area (Å²) in [5, 5.41) is 3.50. The standard InChI is InChI=1S/C17H31N3/c1-16(2)14-18-11-7-4-5-9-13-20(3)15-17-10-6-8-12-19-17/h6,8,10,12,16,18H,4-5,7,9,11,13-15H2,1-3H3. The van der Waals surface area contributed by atoms with Crippen molar-refractivity contribution >= 4 is 0 Å². The molecule has 1 aromatic heterocycles. The van der Waals surface area contributed by atoms with Crippen LogP contribution in [0.4, 0.5) is 0 Å². The van der Waals surface area contributed by atoms with Gasteiger partial charge in [0.15, 0.2) is 0 Å². The quantitative estimate of drug-likeness (QED) is 0.629. The third-order valence-electron chi connectivity index (χ3n) is 3.35. The van der Waals surface area contributed by atoms with E-state index in [1.54, 1.807) is 0 Å². The summed E-state index contributed by atoms with van der Waals surface area (Å²) in [6, 6.07) is 6.12. The van der Waals surface area contributed by atoms with E-state index in [4.69, 9.17) is 0 Å². The zero-order valence-electron chi connectivity index (χ0n) is 13.4. The highest BCUT2D eigenvalue weighted by Crippen LogP contribution is 2.03. The molecule has 0 aliphatic carbocycles. The fourth-order valence-corrected chi connectivity index (χ4v) is 2.22. The van der Waals surface area contributed by atoms with Crippen molar-refractivity contribution in [2.75, 3.05) is 26.7 Å². The Kier molecular flexibility index (Phi) is 9.25. The van der Waals surface area contributed by atoms with Crippen LogP contribution in [0.3, 0.4) is 0 Å².